The van der Waals surface area contributed by atoms with Gasteiger partial charge in [0.05, 0.1) is 40.3 Å². The highest BCUT2D eigenvalue weighted by Gasteiger charge is 2.22. The second-order valence-electron chi connectivity index (χ2n) is 19.9. The minimum absolute atomic E-state index is 0.138. The van der Waals surface area contributed by atoms with Crippen molar-refractivity contribution in [1.29, 1.82) is 0 Å². The lowest BCUT2D eigenvalue weighted by molar-refractivity contribution is -0.870. The van der Waals surface area contributed by atoms with E-state index < -0.39 is 24.3 Å². The van der Waals surface area contributed by atoms with Gasteiger partial charge in [-0.2, -0.15) is 0 Å². The fourth-order valence-corrected chi connectivity index (χ4v) is 7.58. The molecule has 0 aromatic carbocycles. The van der Waals surface area contributed by atoms with Crippen molar-refractivity contribution < 1.29 is 42.9 Å². The number of quaternary nitrogens is 1. The van der Waals surface area contributed by atoms with Crippen LogP contribution in [-0.4, -0.2) is 82.3 Å². The third kappa shape index (κ3) is 52.3. The number of allylic oxidation sites excluding steroid dienone is 14. The molecule has 0 aliphatic heterocycles. The molecule has 0 N–H and O–H groups in total. The second kappa shape index (κ2) is 51.8. The SMILES string of the molecule is CC/C=C\C/C=C\C/C=C\C/C=C\C/C=C\C/C=C\C/C=C\CCCCCC(=O)OC(COC(=O)CCCCCCCCCCCCCCCCCCCCCC)COC(OCC[N+](C)(C)C)C(=O)[O-]. The van der Waals surface area contributed by atoms with Crippen LogP contribution in [0.1, 0.15) is 226 Å². The van der Waals surface area contributed by atoms with Gasteiger partial charge in [-0.1, -0.05) is 227 Å². The van der Waals surface area contributed by atoms with Crippen molar-refractivity contribution in [3.05, 3.63) is 85.1 Å². The summed E-state index contributed by atoms with van der Waals surface area (Å²) in [6.45, 7) is 4.60. The van der Waals surface area contributed by atoms with E-state index in [-0.39, 0.29) is 38.6 Å². The molecule has 0 heterocycles. The monoisotopic (exact) mass is 980 g/mol. The molecule has 9 heteroatoms. The highest BCUT2D eigenvalue weighted by Crippen LogP contribution is 2.16. The number of ether oxygens (including phenoxy) is 4. The van der Waals surface area contributed by atoms with Gasteiger partial charge in [0.2, 0.25) is 0 Å². The number of carbonyl (C=O) groups excluding carboxylic acids is 3. The van der Waals surface area contributed by atoms with E-state index >= 15 is 0 Å². The average molecular weight is 981 g/mol. The second-order valence-corrected chi connectivity index (χ2v) is 19.9. The molecule has 402 valence electrons. The minimum Gasteiger partial charge on any atom is -0.545 e. The lowest BCUT2D eigenvalue weighted by atomic mass is 10.0. The van der Waals surface area contributed by atoms with E-state index in [0.29, 0.717) is 17.4 Å². The van der Waals surface area contributed by atoms with Crippen LogP contribution < -0.4 is 5.11 Å². The van der Waals surface area contributed by atoms with Crippen LogP contribution in [0, 0.1) is 0 Å². The Morgan fingerprint density at radius 1 is 0.443 bits per heavy atom. The molecule has 0 aromatic rings. The predicted molar refractivity (Wildman–Crippen MR) is 292 cm³/mol. The Labute approximate surface area is 430 Å². The number of esters is 2. The predicted octanol–water partition coefficient (Wildman–Crippen LogP) is 15.1. The van der Waals surface area contributed by atoms with E-state index in [0.717, 1.165) is 83.5 Å². The molecule has 0 amide bonds. The van der Waals surface area contributed by atoms with Gasteiger partial charge in [-0.25, -0.2) is 0 Å². The van der Waals surface area contributed by atoms with Crippen LogP contribution in [-0.2, 0) is 33.3 Å². The Kier molecular flexibility index (Phi) is 49.2. The maximum Gasteiger partial charge on any atom is 0.306 e. The molecular formula is C61H105NO8. The molecule has 0 rings (SSSR count). The summed E-state index contributed by atoms with van der Waals surface area (Å²) in [7, 11) is 5.90. The van der Waals surface area contributed by atoms with E-state index in [1.54, 1.807) is 0 Å². The molecular weight excluding hydrogens is 875 g/mol. The van der Waals surface area contributed by atoms with Crippen molar-refractivity contribution in [2.24, 2.45) is 0 Å². The summed E-state index contributed by atoms with van der Waals surface area (Å²) >= 11 is 0. The van der Waals surface area contributed by atoms with Crippen molar-refractivity contribution >= 4 is 17.9 Å². The number of aliphatic carboxylic acids is 1. The first kappa shape index (κ1) is 66.5. The Hall–Kier alpha value is -3.53. The van der Waals surface area contributed by atoms with Crippen LogP contribution in [0.25, 0.3) is 0 Å². The Balaban J connectivity index is 4.36. The van der Waals surface area contributed by atoms with Crippen LogP contribution in [0.4, 0.5) is 0 Å². The number of unbranched alkanes of at least 4 members (excludes halogenated alkanes) is 22. The van der Waals surface area contributed by atoms with Gasteiger partial charge in [0.1, 0.15) is 13.2 Å². The Morgan fingerprint density at radius 2 is 0.814 bits per heavy atom. The molecule has 0 radical (unpaired) electrons. The first-order valence-electron chi connectivity index (χ1n) is 28.2. The number of carbonyl (C=O) groups is 3. The number of rotatable bonds is 51. The lowest BCUT2D eigenvalue weighted by Crippen LogP contribution is -2.44. The number of hydrogen-bond acceptors (Lipinski definition) is 8. The van der Waals surface area contributed by atoms with Crippen molar-refractivity contribution in [2.75, 3.05) is 47.5 Å². The zero-order valence-corrected chi connectivity index (χ0v) is 45.6. The quantitative estimate of drug-likeness (QED) is 0.0195. The largest absolute Gasteiger partial charge is 0.545 e. The number of carboxylic acid groups (broad SMARTS) is 1. The molecule has 0 bridgehead atoms. The normalized spacial score (nSPS) is 13.4. The fraction of sp³-hybridized carbons (Fsp3) is 0.721. The Morgan fingerprint density at radius 3 is 1.21 bits per heavy atom. The molecule has 0 saturated carbocycles. The van der Waals surface area contributed by atoms with Crippen molar-refractivity contribution in [3.63, 3.8) is 0 Å². The van der Waals surface area contributed by atoms with Gasteiger partial charge in [-0.15, -0.1) is 0 Å². The molecule has 0 aromatic heterocycles. The molecule has 2 atom stereocenters. The van der Waals surface area contributed by atoms with Crippen LogP contribution in [0.2, 0.25) is 0 Å². The molecule has 0 aliphatic rings. The van der Waals surface area contributed by atoms with Gasteiger partial charge >= 0.3 is 11.9 Å². The highest BCUT2D eigenvalue weighted by atomic mass is 16.7. The van der Waals surface area contributed by atoms with Gasteiger partial charge in [0, 0.05) is 12.8 Å². The molecule has 0 fully saturated rings. The van der Waals surface area contributed by atoms with Gasteiger partial charge in [0.25, 0.3) is 0 Å². The summed E-state index contributed by atoms with van der Waals surface area (Å²) in [4.78, 5) is 37.3. The van der Waals surface area contributed by atoms with E-state index in [4.69, 9.17) is 18.9 Å². The molecule has 2 unspecified atom stereocenters. The lowest BCUT2D eigenvalue weighted by Gasteiger charge is -2.26. The maximum atomic E-state index is 12.8. The number of nitrogens with zero attached hydrogens (tertiary/aromatic N) is 1. The first-order chi connectivity index (χ1) is 34.1. The summed E-state index contributed by atoms with van der Waals surface area (Å²) in [6, 6.07) is 0. The summed E-state index contributed by atoms with van der Waals surface area (Å²) < 4.78 is 22.6. The van der Waals surface area contributed by atoms with Crippen molar-refractivity contribution in [1.82, 2.24) is 0 Å². The van der Waals surface area contributed by atoms with Crippen LogP contribution in [0.3, 0.4) is 0 Å². The van der Waals surface area contributed by atoms with Gasteiger partial charge in [-0.05, 0) is 70.6 Å². The van der Waals surface area contributed by atoms with Crippen LogP contribution in [0.5, 0.6) is 0 Å². The number of carboxylic acids is 1. The van der Waals surface area contributed by atoms with Gasteiger partial charge < -0.3 is 33.3 Å². The summed E-state index contributed by atoms with van der Waals surface area (Å²) in [5.74, 6) is -2.33. The standard InChI is InChI=1S/C61H105NO8/c1-6-8-10-12-14-16-18-20-22-24-26-28-29-30-31-32-34-36-38-40-42-44-46-48-50-52-59(64)70-57(56-69-61(60(65)66)67-54-53-62(3,4)5)55-68-58(63)51-49-47-45-43-41-39-37-35-33-27-25-23-21-19-17-15-13-11-9-7-2/h8,10,14,16,20,22,26,28,30-31,34,36,40,42,57,61H,6-7,9,11-13,15,17-19,21,23-25,27,29,32-33,35,37-39,41,43-56H2,1-5H3/b10-8-,16-14-,22-20-,28-26-,31-30-,36-34-,42-40-. The van der Waals surface area contributed by atoms with Gasteiger partial charge in [-0.3, -0.25) is 9.59 Å². The molecule has 9 nitrogen and oxygen atoms in total. The van der Waals surface area contributed by atoms with Crippen LogP contribution in [0.15, 0.2) is 85.1 Å². The third-order valence-electron chi connectivity index (χ3n) is 11.9. The minimum atomic E-state index is -1.63. The van der Waals surface area contributed by atoms with E-state index in [1.165, 1.54) is 109 Å². The van der Waals surface area contributed by atoms with Crippen molar-refractivity contribution in [2.45, 2.75) is 238 Å². The Bertz CT molecular complexity index is 1420. The van der Waals surface area contributed by atoms with E-state index in [1.807, 2.05) is 21.1 Å². The smallest absolute Gasteiger partial charge is 0.306 e. The molecule has 0 aliphatic carbocycles. The zero-order valence-electron chi connectivity index (χ0n) is 45.6. The summed E-state index contributed by atoms with van der Waals surface area (Å²) in [5, 5.41) is 11.8. The topological polar surface area (TPSA) is 111 Å². The van der Waals surface area contributed by atoms with Gasteiger partial charge in [0.15, 0.2) is 12.4 Å². The average Bonchev–Trinajstić information content (AvgIpc) is 3.33. The van der Waals surface area contributed by atoms with E-state index in [2.05, 4.69) is 98.9 Å². The molecule has 0 spiro atoms. The fourth-order valence-electron chi connectivity index (χ4n) is 7.58. The zero-order chi connectivity index (χ0) is 51.3. The first-order valence-corrected chi connectivity index (χ1v) is 28.2. The molecule has 0 saturated heterocycles. The van der Waals surface area contributed by atoms with Crippen LogP contribution >= 0.6 is 0 Å². The third-order valence-corrected chi connectivity index (χ3v) is 11.9. The number of likely N-dealkylation sites (N-methyl/N-ethyl adjacent to an activating group) is 1. The number of hydrogen-bond donors (Lipinski definition) is 0. The highest BCUT2D eigenvalue weighted by molar-refractivity contribution is 5.70. The molecule has 70 heavy (non-hydrogen) atoms. The maximum absolute atomic E-state index is 12.8. The summed E-state index contributed by atoms with van der Waals surface area (Å²) in [6.07, 6.45) is 64.8. The summed E-state index contributed by atoms with van der Waals surface area (Å²) in [5.41, 5.74) is 0. The van der Waals surface area contributed by atoms with Crippen molar-refractivity contribution in [3.8, 4) is 0 Å². The van der Waals surface area contributed by atoms with E-state index in [9.17, 15) is 19.5 Å².